The Balaban J connectivity index is 1.58. The Labute approximate surface area is 149 Å². The number of nitrogens with one attached hydrogen (secondary N) is 1. The summed E-state index contributed by atoms with van der Waals surface area (Å²) in [6.07, 6.45) is 2.06. The number of para-hydroxylation sites is 1. The van der Waals surface area contributed by atoms with E-state index in [0.29, 0.717) is 43.9 Å². The molecule has 0 bridgehead atoms. The van der Waals surface area contributed by atoms with E-state index in [-0.39, 0.29) is 23.6 Å². The topological polar surface area (TPSA) is 95.6 Å². The van der Waals surface area contributed by atoms with Crippen LogP contribution in [0.3, 0.4) is 0 Å². The number of fused-ring (bicyclic) bond motifs is 3. The summed E-state index contributed by atoms with van der Waals surface area (Å²) in [7, 11) is 1.61. The SMILES string of the molecule is COCCOCCCNC(=O)Cn1cnc2c(oc3ccccc32)c1=O. The molecule has 0 fully saturated rings. The van der Waals surface area contributed by atoms with E-state index in [4.69, 9.17) is 13.9 Å². The Bertz CT molecular complexity index is 947. The second-order valence-corrected chi connectivity index (χ2v) is 5.76. The molecule has 8 heteroatoms. The van der Waals surface area contributed by atoms with Gasteiger partial charge in [-0.3, -0.25) is 14.2 Å². The normalized spacial score (nSPS) is 11.3. The number of hydrogen-bond acceptors (Lipinski definition) is 6. The maximum Gasteiger partial charge on any atom is 0.297 e. The van der Waals surface area contributed by atoms with Gasteiger partial charge in [0.15, 0.2) is 0 Å². The first-order chi connectivity index (χ1) is 12.7. The molecule has 0 saturated carbocycles. The van der Waals surface area contributed by atoms with Crippen molar-refractivity contribution < 1.29 is 18.7 Å². The predicted molar refractivity (Wildman–Crippen MR) is 96.1 cm³/mol. The van der Waals surface area contributed by atoms with Gasteiger partial charge in [0, 0.05) is 25.6 Å². The van der Waals surface area contributed by atoms with Gasteiger partial charge in [-0.15, -0.1) is 0 Å². The number of methoxy groups -OCH3 is 1. The van der Waals surface area contributed by atoms with Crippen molar-refractivity contribution in [1.29, 1.82) is 0 Å². The lowest BCUT2D eigenvalue weighted by atomic mass is 10.2. The zero-order valence-corrected chi connectivity index (χ0v) is 14.6. The van der Waals surface area contributed by atoms with Crippen molar-refractivity contribution in [2.45, 2.75) is 13.0 Å². The summed E-state index contributed by atoms with van der Waals surface area (Å²) in [5.74, 6) is -0.263. The van der Waals surface area contributed by atoms with E-state index in [1.165, 1.54) is 10.9 Å². The summed E-state index contributed by atoms with van der Waals surface area (Å²) < 4.78 is 17.0. The number of aromatic nitrogens is 2. The quantitative estimate of drug-likeness (QED) is 0.579. The van der Waals surface area contributed by atoms with Gasteiger partial charge in [-0.1, -0.05) is 12.1 Å². The molecule has 0 aliphatic carbocycles. The molecule has 0 aliphatic heterocycles. The molecule has 1 amide bonds. The third-order valence-electron chi connectivity index (χ3n) is 3.88. The number of carbonyl (C=O) groups is 1. The molecule has 0 saturated heterocycles. The minimum atomic E-state index is -0.371. The van der Waals surface area contributed by atoms with Crippen molar-refractivity contribution in [1.82, 2.24) is 14.9 Å². The third kappa shape index (κ3) is 4.09. The van der Waals surface area contributed by atoms with Gasteiger partial charge in [-0.2, -0.15) is 0 Å². The van der Waals surface area contributed by atoms with Crippen LogP contribution in [0.4, 0.5) is 0 Å². The molecular weight excluding hydrogens is 338 g/mol. The Morgan fingerprint density at radius 1 is 1.27 bits per heavy atom. The zero-order chi connectivity index (χ0) is 18.4. The predicted octanol–water partition coefficient (Wildman–Crippen LogP) is 1.31. The van der Waals surface area contributed by atoms with Crippen LogP contribution in [0.25, 0.3) is 22.1 Å². The Kier molecular flexibility index (Phi) is 5.98. The number of benzene rings is 1. The fourth-order valence-corrected chi connectivity index (χ4v) is 2.58. The summed E-state index contributed by atoms with van der Waals surface area (Å²) in [5.41, 5.74) is 0.899. The summed E-state index contributed by atoms with van der Waals surface area (Å²) in [5, 5.41) is 3.54. The van der Waals surface area contributed by atoms with Gasteiger partial charge in [-0.05, 0) is 18.6 Å². The highest BCUT2D eigenvalue weighted by molar-refractivity contribution is 6.01. The first kappa shape index (κ1) is 18.1. The van der Waals surface area contributed by atoms with Gasteiger partial charge in [-0.25, -0.2) is 4.98 Å². The van der Waals surface area contributed by atoms with Crippen molar-refractivity contribution >= 4 is 28.0 Å². The minimum absolute atomic E-state index is 0.108. The van der Waals surface area contributed by atoms with Crippen molar-refractivity contribution in [3.8, 4) is 0 Å². The number of hydrogen-bond donors (Lipinski definition) is 1. The standard InChI is InChI=1S/C18H21N3O5/c1-24-9-10-25-8-4-7-19-15(22)11-21-12-20-16-13-5-2-3-6-14(13)26-17(16)18(21)23/h2-3,5-6,12H,4,7-11H2,1H3,(H,19,22). The fraction of sp³-hybridized carbons (Fsp3) is 0.389. The molecule has 138 valence electrons. The van der Waals surface area contributed by atoms with E-state index in [1.54, 1.807) is 13.2 Å². The summed E-state index contributed by atoms with van der Waals surface area (Å²) in [4.78, 5) is 28.8. The van der Waals surface area contributed by atoms with Crippen LogP contribution in [-0.4, -0.2) is 48.9 Å². The lowest BCUT2D eigenvalue weighted by molar-refractivity contribution is -0.121. The molecule has 0 aliphatic rings. The van der Waals surface area contributed by atoms with E-state index in [0.717, 1.165) is 5.39 Å². The number of carbonyl (C=O) groups excluding carboxylic acids is 1. The lowest BCUT2D eigenvalue weighted by Gasteiger charge is -2.07. The highest BCUT2D eigenvalue weighted by atomic mass is 16.5. The maximum absolute atomic E-state index is 12.5. The minimum Gasteiger partial charge on any atom is -0.448 e. The highest BCUT2D eigenvalue weighted by Gasteiger charge is 2.14. The number of rotatable bonds is 9. The largest absolute Gasteiger partial charge is 0.448 e. The summed E-state index contributed by atoms with van der Waals surface area (Å²) in [6, 6.07) is 7.31. The van der Waals surface area contributed by atoms with Crippen LogP contribution in [0.5, 0.6) is 0 Å². The second-order valence-electron chi connectivity index (χ2n) is 5.76. The van der Waals surface area contributed by atoms with Gasteiger partial charge in [0.25, 0.3) is 5.56 Å². The average molecular weight is 359 g/mol. The zero-order valence-electron chi connectivity index (χ0n) is 14.6. The molecule has 26 heavy (non-hydrogen) atoms. The molecule has 3 aromatic rings. The molecule has 0 radical (unpaired) electrons. The Hall–Kier alpha value is -2.71. The van der Waals surface area contributed by atoms with Crippen LogP contribution >= 0.6 is 0 Å². The molecule has 2 heterocycles. The molecule has 1 N–H and O–H groups in total. The second kappa shape index (κ2) is 8.59. The van der Waals surface area contributed by atoms with E-state index >= 15 is 0 Å². The van der Waals surface area contributed by atoms with Crippen LogP contribution < -0.4 is 10.9 Å². The first-order valence-electron chi connectivity index (χ1n) is 8.41. The van der Waals surface area contributed by atoms with Crippen molar-refractivity contribution in [2.75, 3.05) is 33.5 Å². The van der Waals surface area contributed by atoms with E-state index < -0.39 is 0 Å². The first-order valence-corrected chi connectivity index (χ1v) is 8.41. The van der Waals surface area contributed by atoms with Crippen molar-refractivity contribution in [2.24, 2.45) is 0 Å². The smallest absolute Gasteiger partial charge is 0.297 e. The van der Waals surface area contributed by atoms with Gasteiger partial charge < -0.3 is 19.2 Å². The van der Waals surface area contributed by atoms with Crippen molar-refractivity contribution in [3.63, 3.8) is 0 Å². The van der Waals surface area contributed by atoms with Gasteiger partial charge >= 0.3 is 0 Å². The molecule has 0 unspecified atom stereocenters. The molecule has 2 aromatic heterocycles. The van der Waals surface area contributed by atoms with Crippen LogP contribution in [0, 0.1) is 0 Å². The lowest BCUT2D eigenvalue weighted by Crippen LogP contribution is -2.33. The van der Waals surface area contributed by atoms with E-state index in [9.17, 15) is 9.59 Å². The summed E-state index contributed by atoms with van der Waals surface area (Å²) in [6.45, 7) is 1.98. The fourth-order valence-electron chi connectivity index (χ4n) is 2.58. The highest BCUT2D eigenvalue weighted by Crippen LogP contribution is 2.23. The maximum atomic E-state index is 12.5. The molecule has 8 nitrogen and oxygen atoms in total. The van der Waals surface area contributed by atoms with Crippen LogP contribution in [0.15, 0.2) is 39.8 Å². The van der Waals surface area contributed by atoms with Gasteiger partial charge in [0.1, 0.15) is 17.6 Å². The Morgan fingerprint density at radius 2 is 2.12 bits per heavy atom. The molecular formula is C18H21N3O5. The van der Waals surface area contributed by atoms with Crippen LogP contribution in [-0.2, 0) is 20.8 Å². The average Bonchev–Trinajstić information content (AvgIpc) is 3.03. The number of nitrogens with zero attached hydrogens (tertiary/aromatic N) is 2. The number of ether oxygens (including phenoxy) is 2. The molecule has 1 aromatic carbocycles. The van der Waals surface area contributed by atoms with E-state index in [1.807, 2.05) is 18.2 Å². The van der Waals surface area contributed by atoms with Crippen LogP contribution in [0.2, 0.25) is 0 Å². The Morgan fingerprint density at radius 3 is 2.96 bits per heavy atom. The third-order valence-corrected chi connectivity index (χ3v) is 3.88. The van der Waals surface area contributed by atoms with E-state index in [2.05, 4.69) is 10.3 Å². The molecule has 0 atom stereocenters. The van der Waals surface area contributed by atoms with Crippen molar-refractivity contribution in [3.05, 3.63) is 40.9 Å². The van der Waals surface area contributed by atoms with Crippen LogP contribution in [0.1, 0.15) is 6.42 Å². The summed E-state index contributed by atoms with van der Waals surface area (Å²) >= 11 is 0. The molecule has 3 rings (SSSR count). The monoisotopic (exact) mass is 359 g/mol. The van der Waals surface area contributed by atoms with Gasteiger partial charge in [0.05, 0.1) is 19.5 Å². The molecule has 0 spiro atoms. The van der Waals surface area contributed by atoms with Gasteiger partial charge in [0.2, 0.25) is 11.5 Å². The number of amides is 1. The number of furan rings is 1.